The molecule has 1 saturated carbocycles. The number of urea groups is 1. The number of likely N-dealkylation sites (N-methyl/N-ethyl adjacent to an activating group) is 1. The van der Waals surface area contributed by atoms with Crippen molar-refractivity contribution in [3.63, 3.8) is 0 Å². The maximum Gasteiger partial charge on any atom is 0.323 e. The third-order valence-electron chi connectivity index (χ3n) is 7.28. The van der Waals surface area contributed by atoms with E-state index in [0.29, 0.717) is 35.0 Å². The number of ether oxygens (including phenoxy) is 2. The van der Waals surface area contributed by atoms with E-state index in [9.17, 15) is 14.7 Å². The largest absolute Gasteiger partial charge is 0.497 e. The van der Waals surface area contributed by atoms with Crippen LogP contribution < -0.4 is 20.1 Å². The molecule has 0 saturated heterocycles. The van der Waals surface area contributed by atoms with Gasteiger partial charge in [0.25, 0.3) is 0 Å². The molecule has 3 amide bonds. The molecule has 4 rings (SSSR count). The summed E-state index contributed by atoms with van der Waals surface area (Å²) in [6.45, 7) is 6.15. The van der Waals surface area contributed by atoms with E-state index in [0.717, 1.165) is 19.0 Å². The van der Waals surface area contributed by atoms with E-state index in [-0.39, 0.29) is 37.0 Å². The second-order valence-electron chi connectivity index (χ2n) is 10.7. The number of amides is 3. The van der Waals surface area contributed by atoms with Crippen molar-refractivity contribution in [1.29, 1.82) is 0 Å². The molecule has 9 nitrogen and oxygen atoms in total. The summed E-state index contributed by atoms with van der Waals surface area (Å²) in [6, 6.07) is 11.8. The maximum absolute atomic E-state index is 13.4. The Kier molecular flexibility index (Phi) is 9.12. The van der Waals surface area contributed by atoms with E-state index in [1.807, 2.05) is 13.0 Å². The Labute approximate surface area is 225 Å². The number of methoxy groups -OCH3 is 1. The first kappa shape index (κ1) is 27.7. The van der Waals surface area contributed by atoms with Crippen LogP contribution in [0.25, 0.3) is 0 Å². The molecule has 1 aliphatic carbocycles. The molecule has 9 heteroatoms. The van der Waals surface area contributed by atoms with Crippen LogP contribution in [0.2, 0.25) is 0 Å². The van der Waals surface area contributed by atoms with Gasteiger partial charge in [-0.1, -0.05) is 6.92 Å². The van der Waals surface area contributed by atoms with Crippen LogP contribution in [-0.2, 0) is 11.2 Å². The summed E-state index contributed by atoms with van der Waals surface area (Å²) in [4.78, 5) is 30.1. The van der Waals surface area contributed by atoms with Gasteiger partial charge in [-0.2, -0.15) is 0 Å². The van der Waals surface area contributed by atoms with Crippen molar-refractivity contribution in [3.05, 3.63) is 48.0 Å². The Hall–Kier alpha value is -3.30. The SMILES string of the molecule is COc1ccc(NC(=O)Nc2ccc3c(c2)CC(=O)N([C@H](C)CO)C[C@@H](C)[C@@H](CN(C)CC2CC2)O3)cc1. The Morgan fingerprint density at radius 1 is 1.16 bits per heavy atom. The Balaban J connectivity index is 1.53. The van der Waals surface area contributed by atoms with Crippen molar-refractivity contribution in [2.24, 2.45) is 11.8 Å². The molecule has 3 atom stereocenters. The van der Waals surface area contributed by atoms with Crippen LogP contribution in [0.5, 0.6) is 11.5 Å². The van der Waals surface area contributed by atoms with Gasteiger partial charge >= 0.3 is 6.03 Å². The van der Waals surface area contributed by atoms with Crippen molar-refractivity contribution in [1.82, 2.24) is 9.80 Å². The van der Waals surface area contributed by atoms with E-state index >= 15 is 0 Å². The van der Waals surface area contributed by atoms with Gasteiger partial charge in [0.2, 0.25) is 5.91 Å². The lowest BCUT2D eigenvalue weighted by Crippen LogP contribution is -2.47. The highest BCUT2D eigenvalue weighted by Gasteiger charge is 2.32. The molecule has 1 aliphatic heterocycles. The third-order valence-corrected chi connectivity index (χ3v) is 7.28. The quantitative estimate of drug-likeness (QED) is 0.461. The minimum Gasteiger partial charge on any atom is -0.497 e. The zero-order valence-electron chi connectivity index (χ0n) is 22.8. The van der Waals surface area contributed by atoms with Gasteiger partial charge in [-0.25, -0.2) is 4.79 Å². The molecule has 0 spiro atoms. The van der Waals surface area contributed by atoms with Crippen molar-refractivity contribution in [3.8, 4) is 11.5 Å². The number of nitrogens with one attached hydrogen (secondary N) is 2. The van der Waals surface area contributed by atoms with E-state index in [2.05, 4.69) is 29.5 Å². The summed E-state index contributed by atoms with van der Waals surface area (Å²) in [7, 11) is 3.71. The second kappa shape index (κ2) is 12.5. The summed E-state index contributed by atoms with van der Waals surface area (Å²) >= 11 is 0. The first-order valence-electron chi connectivity index (χ1n) is 13.4. The van der Waals surface area contributed by atoms with Crippen molar-refractivity contribution in [2.45, 2.75) is 45.3 Å². The molecule has 0 bridgehead atoms. The number of rotatable bonds is 9. The van der Waals surface area contributed by atoms with Gasteiger partial charge < -0.3 is 35.0 Å². The normalized spacial score (nSPS) is 20.5. The fourth-order valence-electron chi connectivity index (χ4n) is 4.82. The van der Waals surface area contributed by atoms with Crippen LogP contribution in [0.4, 0.5) is 16.2 Å². The molecule has 2 aromatic rings. The molecule has 2 aromatic carbocycles. The average molecular weight is 525 g/mol. The van der Waals surface area contributed by atoms with E-state index < -0.39 is 6.03 Å². The van der Waals surface area contributed by atoms with Gasteiger partial charge in [0.15, 0.2) is 0 Å². The molecule has 2 aliphatic rings. The van der Waals surface area contributed by atoms with E-state index in [1.165, 1.54) is 12.8 Å². The Morgan fingerprint density at radius 3 is 2.50 bits per heavy atom. The van der Waals surface area contributed by atoms with Gasteiger partial charge in [-0.05, 0) is 75.2 Å². The smallest absolute Gasteiger partial charge is 0.323 e. The number of carbonyl (C=O) groups is 2. The lowest BCUT2D eigenvalue weighted by molar-refractivity contribution is -0.134. The minimum atomic E-state index is -0.394. The van der Waals surface area contributed by atoms with Crippen molar-refractivity contribution < 1.29 is 24.2 Å². The molecular weight excluding hydrogens is 484 g/mol. The topological polar surface area (TPSA) is 103 Å². The number of benzene rings is 2. The lowest BCUT2D eigenvalue weighted by atomic mass is 10.0. The highest BCUT2D eigenvalue weighted by atomic mass is 16.5. The highest BCUT2D eigenvalue weighted by molar-refractivity contribution is 6.00. The number of fused-ring (bicyclic) bond motifs is 1. The summed E-state index contributed by atoms with van der Waals surface area (Å²) < 4.78 is 11.7. The molecule has 0 aromatic heterocycles. The standard InChI is InChI=1S/C29H40N4O5/c1-19-15-33(20(2)18-34)28(35)14-22-13-24(31-29(36)30-23-7-10-25(37-4)11-8-23)9-12-26(22)38-27(19)17-32(3)16-21-5-6-21/h7-13,19-21,27,34H,5-6,14-18H2,1-4H3,(H2,30,31,36)/t19-,20-,27-/m1/s1. The predicted molar refractivity (Wildman–Crippen MR) is 148 cm³/mol. The summed E-state index contributed by atoms with van der Waals surface area (Å²) in [5.74, 6) is 2.11. The number of aliphatic hydroxyl groups excluding tert-OH is 1. The number of hydrogen-bond donors (Lipinski definition) is 3. The third kappa shape index (κ3) is 7.39. The molecular formula is C29H40N4O5. The van der Waals surface area contributed by atoms with Crippen LogP contribution in [0.15, 0.2) is 42.5 Å². The fourth-order valence-corrected chi connectivity index (χ4v) is 4.82. The number of aliphatic hydroxyl groups is 1. The Bertz CT molecular complexity index is 1100. The van der Waals surface area contributed by atoms with Crippen LogP contribution >= 0.6 is 0 Å². The first-order valence-corrected chi connectivity index (χ1v) is 13.4. The highest BCUT2D eigenvalue weighted by Crippen LogP contribution is 2.31. The molecule has 3 N–H and O–H groups in total. The number of nitrogens with zero attached hydrogens (tertiary/aromatic N) is 2. The molecule has 0 unspecified atom stereocenters. The predicted octanol–water partition coefficient (Wildman–Crippen LogP) is 3.83. The molecule has 38 heavy (non-hydrogen) atoms. The number of anilines is 2. The van der Waals surface area contributed by atoms with E-state index in [1.54, 1.807) is 48.4 Å². The van der Waals surface area contributed by atoms with Gasteiger partial charge in [-0.15, -0.1) is 0 Å². The van der Waals surface area contributed by atoms with Crippen LogP contribution in [-0.4, -0.2) is 79.4 Å². The zero-order valence-corrected chi connectivity index (χ0v) is 22.8. The van der Waals surface area contributed by atoms with E-state index in [4.69, 9.17) is 9.47 Å². The van der Waals surface area contributed by atoms with Gasteiger partial charge in [0, 0.05) is 42.5 Å². The van der Waals surface area contributed by atoms with Crippen LogP contribution in [0.1, 0.15) is 32.3 Å². The van der Waals surface area contributed by atoms with Gasteiger partial charge in [-0.3, -0.25) is 4.79 Å². The van der Waals surface area contributed by atoms with Crippen molar-refractivity contribution >= 4 is 23.3 Å². The molecule has 0 radical (unpaired) electrons. The molecule has 1 fully saturated rings. The summed E-state index contributed by atoms with van der Waals surface area (Å²) in [5, 5.41) is 15.5. The average Bonchev–Trinajstić information content (AvgIpc) is 3.71. The second-order valence-corrected chi connectivity index (χ2v) is 10.7. The van der Waals surface area contributed by atoms with Gasteiger partial charge in [0.05, 0.1) is 26.2 Å². The monoisotopic (exact) mass is 524 g/mol. The van der Waals surface area contributed by atoms with Gasteiger partial charge in [0.1, 0.15) is 17.6 Å². The zero-order chi connectivity index (χ0) is 27.2. The summed E-state index contributed by atoms with van der Waals surface area (Å²) in [6.07, 6.45) is 2.56. The van der Waals surface area contributed by atoms with Crippen LogP contribution in [0, 0.1) is 11.8 Å². The Morgan fingerprint density at radius 2 is 1.84 bits per heavy atom. The molecule has 206 valence electrons. The minimum absolute atomic E-state index is 0.0635. The first-order chi connectivity index (χ1) is 18.2. The lowest BCUT2D eigenvalue weighted by Gasteiger charge is -2.34. The fraction of sp³-hybridized carbons (Fsp3) is 0.517. The molecule has 1 heterocycles. The maximum atomic E-state index is 13.4. The number of carbonyl (C=O) groups excluding carboxylic acids is 2. The van der Waals surface area contributed by atoms with Crippen molar-refractivity contribution in [2.75, 3.05) is 51.0 Å². The number of hydrogen-bond acceptors (Lipinski definition) is 6. The summed E-state index contributed by atoms with van der Waals surface area (Å²) in [5.41, 5.74) is 1.89. The van der Waals surface area contributed by atoms with Crippen LogP contribution in [0.3, 0.4) is 0 Å².